The highest BCUT2D eigenvalue weighted by atomic mass is 16.2. The van der Waals surface area contributed by atoms with Crippen molar-refractivity contribution in [2.24, 2.45) is 0 Å². The largest absolute Gasteiger partial charge is 0.374 e. The van der Waals surface area contributed by atoms with E-state index in [1.54, 1.807) is 4.90 Å². The van der Waals surface area contributed by atoms with Gasteiger partial charge in [-0.2, -0.15) is 0 Å². The van der Waals surface area contributed by atoms with E-state index in [2.05, 4.69) is 16.7 Å². The second-order valence-corrected chi connectivity index (χ2v) is 6.44. The van der Waals surface area contributed by atoms with Crippen LogP contribution >= 0.6 is 0 Å². The lowest BCUT2D eigenvalue weighted by Crippen LogP contribution is -2.26. The van der Waals surface area contributed by atoms with E-state index in [9.17, 15) is 9.59 Å². The number of benzene rings is 2. The third kappa shape index (κ3) is 4.18. The van der Waals surface area contributed by atoms with Crippen LogP contribution in [0, 0.1) is 13.8 Å². The Morgan fingerprint density at radius 1 is 1.12 bits per heavy atom. The monoisotopic (exact) mass is 337 g/mol. The van der Waals surface area contributed by atoms with E-state index in [1.165, 1.54) is 0 Å². The number of carbonyl (C=O) groups is 2. The summed E-state index contributed by atoms with van der Waals surface area (Å²) in [5.41, 5.74) is 4.66. The predicted molar refractivity (Wildman–Crippen MR) is 101 cm³/mol. The molecule has 1 fully saturated rings. The SMILES string of the molecule is Cc1cc(C)cc(NC(=O)CNc2ccccc2N2CCCC2=O)c1. The second-order valence-electron chi connectivity index (χ2n) is 6.44. The first-order valence-corrected chi connectivity index (χ1v) is 8.54. The van der Waals surface area contributed by atoms with Crippen molar-refractivity contribution in [3.63, 3.8) is 0 Å². The molecule has 0 bridgehead atoms. The maximum absolute atomic E-state index is 12.3. The molecule has 1 heterocycles. The molecule has 2 aromatic carbocycles. The Morgan fingerprint density at radius 3 is 2.52 bits per heavy atom. The highest BCUT2D eigenvalue weighted by Gasteiger charge is 2.23. The smallest absolute Gasteiger partial charge is 0.243 e. The van der Waals surface area contributed by atoms with Crippen molar-refractivity contribution in [3.8, 4) is 0 Å². The van der Waals surface area contributed by atoms with E-state index < -0.39 is 0 Å². The van der Waals surface area contributed by atoms with Gasteiger partial charge in [-0.3, -0.25) is 9.59 Å². The van der Waals surface area contributed by atoms with Gasteiger partial charge in [0.15, 0.2) is 0 Å². The third-order valence-electron chi connectivity index (χ3n) is 4.21. The van der Waals surface area contributed by atoms with Crippen LogP contribution in [0.1, 0.15) is 24.0 Å². The van der Waals surface area contributed by atoms with E-state index in [1.807, 2.05) is 50.2 Å². The fourth-order valence-electron chi connectivity index (χ4n) is 3.19. The molecule has 5 heteroatoms. The fraction of sp³-hybridized carbons (Fsp3) is 0.300. The Bertz CT molecular complexity index is 781. The van der Waals surface area contributed by atoms with Crippen LogP contribution in [0.15, 0.2) is 42.5 Å². The minimum atomic E-state index is -0.118. The van der Waals surface area contributed by atoms with E-state index in [4.69, 9.17) is 0 Å². The van der Waals surface area contributed by atoms with Gasteiger partial charge in [0, 0.05) is 18.7 Å². The van der Waals surface area contributed by atoms with E-state index in [0.717, 1.165) is 41.2 Å². The van der Waals surface area contributed by atoms with Gasteiger partial charge in [0.05, 0.1) is 17.9 Å². The minimum absolute atomic E-state index is 0.118. The first kappa shape index (κ1) is 17.0. The average Bonchev–Trinajstić information content (AvgIpc) is 2.98. The van der Waals surface area contributed by atoms with Crippen LogP contribution in [0.25, 0.3) is 0 Å². The Labute approximate surface area is 148 Å². The zero-order chi connectivity index (χ0) is 17.8. The predicted octanol–water partition coefficient (Wildman–Crippen LogP) is 3.48. The van der Waals surface area contributed by atoms with Crippen molar-refractivity contribution in [2.75, 3.05) is 28.6 Å². The van der Waals surface area contributed by atoms with Crippen LogP contribution in [0.3, 0.4) is 0 Å². The van der Waals surface area contributed by atoms with Gasteiger partial charge >= 0.3 is 0 Å². The van der Waals surface area contributed by atoms with Crippen LogP contribution in [-0.4, -0.2) is 24.9 Å². The molecule has 0 aromatic heterocycles. The van der Waals surface area contributed by atoms with E-state index in [-0.39, 0.29) is 18.4 Å². The number of amides is 2. The summed E-state index contributed by atoms with van der Waals surface area (Å²) in [5.74, 6) is 0.0153. The van der Waals surface area contributed by atoms with Gasteiger partial charge in [-0.1, -0.05) is 18.2 Å². The molecular weight excluding hydrogens is 314 g/mol. The maximum atomic E-state index is 12.3. The summed E-state index contributed by atoms with van der Waals surface area (Å²) in [4.78, 5) is 26.0. The maximum Gasteiger partial charge on any atom is 0.243 e. The molecule has 0 atom stereocenters. The molecule has 1 saturated heterocycles. The van der Waals surface area contributed by atoms with Gasteiger partial charge in [0.25, 0.3) is 0 Å². The molecule has 5 nitrogen and oxygen atoms in total. The van der Waals surface area contributed by atoms with Crippen molar-refractivity contribution < 1.29 is 9.59 Å². The van der Waals surface area contributed by atoms with Crippen molar-refractivity contribution >= 4 is 28.9 Å². The number of hydrogen-bond acceptors (Lipinski definition) is 3. The van der Waals surface area contributed by atoms with Crippen molar-refractivity contribution in [3.05, 3.63) is 53.6 Å². The van der Waals surface area contributed by atoms with Crippen molar-refractivity contribution in [1.82, 2.24) is 0 Å². The first-order chi connectivity index (χ1) is 12.0. The minimum Gasteiger partial charge on any atom is -0.374 e. The van der Waals surface area contributed by atoms with Gasteiger partial charge in [0.1, 0.15) is 0 Å². The van der Waals surface area contributed by atoms with Gasteiger partial charge in [-0.15, -0.1) is 0 Å². The highest BCUT2D eigenvalue weighted by molar-refractivity contribution is 5.99. The Balaban J connectivity index is 1.65. The molecule has 2 amide bonds. The molecule has 0 radical (unpaired) electrons. The molecular formula is C20H23N3O2. The molecule has 1 aliphatic rings. The van der Waals surface area contributed by atoms with Gasteiger partial charge in [-0.05, 0) is 55.7 Å². The van der Waals surface area contributed by atoms with Crippen LogP contribution in [0.4, 0.5) is 17.1 Å². The summed E-state index contributed by atoms with van der Waals surface area (Å²) < 4.78 is 0. The summed E-state index contributed by atoms with van der Waals surface area (Å²) in [7, 11) is 0. The number of nitrogens with one attached hydrogen (secondary N) is 2. The number of rotatable bonds is 5. The molecule has 0 saturated carbocycles. The molecule has 0 spiro atoms. The quantitative estimate of drug-likeness (QED) is 0.878. The normalized spacial score (nSPS) is 13.8. The number of para-hydroxylation sites is 2. The van der Waals surface area contributed by atoms with Gasteiger partial charge < -0.3 is 15.5 Å². The molecule has 1 aliphatic heterocycles. The molecule has 3 rings (SSSR count). The number of nitrogens with zero attached hydrogens (tertiary/aromatic N) is 1. The number of hydrogen-bond donors (Lipinski definition) is 2. The van der Waals surface area contributed by atoms with E-state index >= 15 is 0 Å². The number of aryl methyl sites for hydroxylation is 2. The topological polar surface area (TPSA) is 61.4 Å². The van der Waals surface area contributed by atoms with E-state index in [0.29, 0.717) is 6.42 Å². The summed E-state index contributed by atoms with van der Waals surface area (Å²) in [6, 6.07) is 13.6. The lowest BCUT2D eigenvalue weighted by atomic mass is 10.1. The fourth-order valence-corrected chi connectivity index (χ4v) is 3.19. The van der Waals surface area contributed by atoms with Crippen molar-refractivity contribution in [2.45, 2.75) is 26.7 Å². The zero-order valence-electron chi connectivity index (χ0n) is 14.6. The van der Waals surface area contributed by atoms with Crippen LogP contribution in [-0.2, 0) is 9.59 Å². The Kier molecular flexibility index (Phi) is 5.03. The second kappa shape index (κ2) is 7.38. The standard InChI is InChI=1S/C20H23N3O2/c1-14-10-15(2)12-16(11-14)22-19(24)13-21-17-6-3-4-7-18(17)23-9-5-8-20(23)25/h3-4,6-7,10-12,21H,5,8-9,13H2,1-2H3,(H,22,24). The van der Waals surface area contributed by atoms with Gasteiger partial charge in [-0.25, -0.2) is 0 Å². The zero-order valence-corrected chi connectivity index (χ0v) is 14.6. The molecule has 0 unspecified atom stereocenters. The first-order valence-electron chi connectivity index (χ1n) is 8.54. The molecule has 2 N–H and O–H groups in total. The van der Waals surface area contributed by atoms with Crippen LogP contribution in [0.2, 0.25) is 0 Å². The molecule has 130 valence electrons. The molecule has 0 aliphatic carbocycles. The summed E-state index contributed by atoms with van der Waals surface area (Å²) >= 11 is 0. The Morgan fingerprint density at radius 2 is 1.84 bits per heavy atom. The average molecular weight is 337 g/mol. The van der Waals surface area contributed by atoms with Gasteiger partial charge in [0.2, 0.25) is 11.8 Å². The molecule has 25 heavy (non-hydrogen) atoms. The summed E-state index contributed by atoms with van der Waals surface area (Å²) in [6.07, 6.45) is 1.46. The Hall–Kier alpha value is -2.82. The third-order valence-corrected chi connectivity index (χ3v) is 4.21. The number of carbonyl (C=O) groups excluding carboxylic acids is 2. The summed E-state index contributed by atoms with van der Waals surface area (Å²) in [6.45, 7) is 4.88. The van der Waals surface area contributed by atoms with Crippen molar-refractivity contribution in [1.29, 1.82) is 0 Å². The lowest BCUT2D eigenvalue weighted by Gasteiger charge is -2.20. The molecule has 2 aromatic rings. The summed E-state index contributed by atoms with van der Waals surface area (Å²) in [5, 5.41) is 6.06. The highest BCUT2D eigenvalue weighted by Crippen LogP contribution is 2.29. The number of anilines is 3. The van der Waals surface area contributed by atoms with Crippen LogP contribution in [0.5, 0.6) is 0 Å². The lowest BCUT2D eigenvalue weighted by molar-refractivity contribution is -0.117. The van der Waals surface area contributed by atoms with Crippen LogP contribution < -0.4 is 15.5 Å².